The number of aliphatic hydroxyl groups is 1. The van der Waals surface area contributed by atoms with Crippen LogP contribution in [0.3, 0.4) is 0 Å². The fourth-order valence-corrected chi connectivity index (χ4v) is 1.75. The molecule has 2 aromatic rings. The maximum absolute atomic E-state index is 13.1. The summed E-state index contributed by atoms with van der Waals surface area (Å²) in [5.41, 5.74) is 0.999. The molecule has 0 spiro atoms. The van der Waals surface area contributed by atoms with Crippen molar-refractivity contribution in [3.05, 3.63) is 29.6 Å². The molecule has 1 aromatic carbocycles. The van der Waals surface area contributed by atoms with Crippen LogP contribution in [0.5, 0.6) is 0 Å². The Morgan fingerprint density at radius 1 is 1.31 bits per heavy atom. The topological polar surface area (TPSA) is 38.0 Å². The van der Waals surface area contributed by atoms with Crippen molar-refractivity contribution >= 4 is 11.0 Å². The summed E-state index contributed by atoms with van der Waals surface area (Å²) in [5, 5.41) is 8.76. The van der Waals surface area contributed by atoms with Crippen LogP contribution in [0.2, 0.25) is 0 Å². The highest BCUT2D eigenvalue weighted by atomic mass is 19.2. The molecular formula is C11H12F2N2O. The average Bonchev–Trinajstić information content (AvgIpc) is 2.52. The molecule has 0 atom stereocenters. The highest BCUT2D eigenvalue weighted by Crippen LogP contribution is 2.19. The van der Waals surface area contributed by atoms with E-state index in [1.54, 1.807) is 11.5 Å². The summed E-state index contributed by atoms with van der Waals surface area (Å²) in [6.45, 7) is 2.37. The quantitative estimate of drug-likeness (QED) is 0.869. The average molecular weight is 226 g/mol. The molecule has 1 N–H and O–H groups in total. The van der Waals surface area contributed by atoms with Crippen LogP contribution in [0.15, 0.2) is 12.1 Å². The van der Waals surface area contributed by atoms with E-state index in [2.05, 4.69) is 4.98 Å². The van der Waals surface area contributed by atoms with Crippen LogP contribution >= 0.6 is 0 Å². The van der Waals surface area contributed by atoms with E-state index in [-0.39, 0.29) is 6.61 Å². The summed E-state index contributed by atoms with van der Waals surface area (Å²) >= 11 is 0. The first-order valence-electron chi connectivity index (χ1n) is 5.06. The van der Waals surface area contributed by atoms with E-state index in [4.69, 9.17) is 5.11 Å². The van der Waals surface area contributed by atoms with Crippen LogP contribution in [0.25, 0.3) is 11.0 Å². The molecule has 0 amide bonds. The van der Waals surface area contributed by atoms with E-state index >= 15 is 0 Å². The largest absolute Gasteiger partial charge is 0.396 e. The fourth-order valence-electron chi connectivity index (χ4n) is 1.75. The van der Waals surface area contributed by atoms with Gasteiger partial charge >= 0.3 is 0 Å². The molecule has 0 aliphatic heterocycles. The van der Waals surface area contributed by atoms with Crippen molar-refractivity contribution in [2.45, 2.75) is 19.9 Å². The Hall–Kier alpha value is -1.49. The standard InChI is InChI=1S/C11H12F2N2O/c1-7-14-10-5-8(12)9(13)6-11(10)15(7)3-2-4-16/h5-6,16H,2-4H2,1H3. The minimum Gasteiger partial charge on any atom is -0.396 e. The van der Waals surface area contributed by atoms with E-state index in [0.29, 0.717) is 29.8 Å². The van der Waals surface area contributed by atoms with Crippen molar-refractivity contribution in [3.8, 4) is 0 Å². The molecule has 2 rings (SSSR count). The fraction of sp³-hybridized carbons (Fsp3) is 0.364. The zero-order valence-electron chi connectivity index (χ0n) is 8.87. The molecule has 1 heterocycles. The van der Waals surface area contributed by atoms with E-state index < -0.39 is 11.6 Å². The Labute approximate surface area is 91.3 Å². The lowest BCUT2D eigenvalue weighted by atomic mass is 10.3. The summed E-state index contributed by atoms with van der Waals surface area (Å²) in [7, 11) is 0. The molecular weight excluding hydrogens is 214 g/mol. The Kier molecular flexibility index (Phi) is 2.87. The first-order chi connectivity index (χ1) is 7.63. The molecule has 0 radical (unpaired) electrons. The number of aliphatic hydroxyl groups excluding tert-OH is 1. The lowest BCUT2D eigenvalue weighted by molar-refractivity contribution is 0.280. The van der Waals surface area contributed by atoms with Crippen molar-refractivity contribution in [2.75, 3.05) is 6.61 Å². The smallest absolute Gasteiger partial charge is 0.161 e. The van der Waals surface area contributed by atoms with Crippen LogP contribution in [0, 0.1) is 18.6 Å². The van der Waals surface area contributed by atoms with Crippen LogP contribution in [0.4, 0.5) is 8.78 Å². The van der Waals surface area contributed by atoms with E-state index in [1.807, 2.05) is 0 Å². The number of fused-ring (bicyclic) bond motifs is 1. The van der Waals surface area contributed by atoms with Crippen LogP contribution in [-0.2, 0) is 6.54 Å². The molecule has 16 heavy (non-hydrogen) atoms. The van der Waals surface area contributed by atoms with Gasteiger partial charge in [-0.25, -0.2) is 13.8 Å². The Bertz CT molecular complexity index is 522. The normalized spacial score (nSPS) is 11.2. The monoisotopic (exact) mass is 226 g/mol. The second-order valence-electron chi connectivity index (χ2n) is 3.64. The van der Waals surface area contributed by atoms with Crippen LogP contribution in [0.1, 0.15) is 12.2 Å². The van der Waals surface area contributed by atoms with Gasteiger partial charge < -0.3 is 9.67 Å². The summed E-state index contributed by atoms with van der Waals surface area (Å²) in [6.07, 6.45) is 0.561. The lowest BCUT2D eigenvalue weighted by Gasteiger charge is -2.05. The number of halogens is 2. The Balaban J connectivity index is 2.55. The first-order valence-corrected chi connectivity index (χ1v) is 5.06. The summed E-state index contributed by atoms with van der Waals surface area (Å²) in [4.78, 5) is 4.14. The molecule has 0 unspecified atom stereocenters. The summed E-state index contributed by atoms with van der Waals surface area (Å²) in [6, 6.07) is 2.23. The second kappa shape index (κ2) is 4.17. The van der Waals surface area contributed by atoms with Crippen molar-refractivity contribution in [1.82, 2.24) is 9.55 Å². The number of rotatable bonds is 3. The van der Waals surface area contributed by atoms with Crippen molar-refractivity contribution in [2.24, 2.45) is 0 Å². The summed E-state index contributed by atoms with van der Waals surface area (Å²) < 4.78 is 27.8. The number of aromatic nitrogens is 2. The number of hydrogen-bond acceptors (Lipinski definition) is 2. The third kappa shape index (κ3) is 1.78. The second-order valence-corrected chi connectivity index (χ2v) is 3.64. The van der Waals surface area contributed by atoms with Gasteiger partial charge in [0, 0.05) is 25.3 Å². The predicted molar refractivity (Wildman–Crippen MR) is 56.1 cm³/mol. The molecule has 0 bridgehead atoms. The molecule has 3 nitrogen and oxygen atoms in total. The van der Waals surface area contributed by atoms with Gasteiger partial charge in [-0.3, -0.25) is 0 Å². The van der Waals surface area contributed by atoms with Gasteiger partial charge in [0.05, 0.1) is 11.0 Å². The predicted octanol–water partition coefficient (Wildman–Crippen LogP) is 2.01. The van der Waals surface area contributed by atoms with Crippen molar-refractivity contribution < 1.29 is 13.9 Å². The number of imidazole rings is 1. The molecule has 86 valence electrons. The maximum Gasteiger partial charge on any atom is 0.161 e. The van der Waals surface area contributed by atoms with Gasteiger partial charge in [0.2, 0.25) is 0 Å². The highest BCUT2D eigenvalue weighted by Gasteiger charge is 2.11. The van der Waals surface area contributed by atoms with E-state index in [1.165, 1.54) is 0 Å². The van der Waals surface area contributed by atoms with Crippen molar-refractivity contribution in [1.29, 1.82) is 0 Å². The Morgan fingerprint density at radius 3 is 2.69 bits per heavy atom. The number of benzene rings is 1. The van der Waals surface area contributed by atoms with E-state index in [0.717, 1.165) is 12.1 Å². The van der Waals surface area contributed by atoms with Crippen LogP contribution < -0.4 is 0 Å². The number of hydrogen-bond donors (Lipinski definition) is 1. The molecule has 0 fully saturated rings. The van der Waals surface area contributed by atoms with Crippen molar-refractivity contribution in [3.63, 3.8) is 0 Å². The Morgan fingerprint density at radius 2 is 2.00 bits per heavy atom. The molecule has 0 aliphatic rings. The first kappa shape index (κ1) is 11.0. The molecule has 1 aromatic heterocycles. The third-order valence-corrected chi connectivity index (χ3v) is 2.52. The van der Waals surface area contributed by atoms with Gasteiger partial charge in [0.1, 0.15) is 5.82 Å². The highest BCUT2D eigenvalue weighted by molar-refractivity contribution is 5.76. The molecule has 0 aliphatic carbocycles. The third-order valence-electron chi connectivity index (χ3n) is 2.52. The maximum atomic E-state index is 13.1. The minimum atomic E-state index is -0.890. The zero-order chi connectivity index (χ0) is 11.7. The van der Waals surface area contributed by atoms with Crippen LogP contribution in [-0.4, -0.2) is 21.3 Å². The summed E-state index contributed by atoms with van der Waals surface area (Å²) in [5.74, 6) is -1.08. The van der Waals surface area contributed by atoms with Gasteiger partial charge in [0.25, 0.3) is 0 Å². The van der Waals surface area contributed by atoms with Gasteiger partial charge in [-0.05, 0) is 13.3 Å². The van der Waals surface area contributed by atoms with Gasteiger partial charge in [-0.2, -0.15) is 0 Å². The molecule has 0 saturated heterocycles. The number of nitrogens with zero attached hydrogens (tertiary/aromatic N) is 2. The SMILES string of the molecule is Cc1nc2cc(F)c(F)cc2n1CCCO. The van der Waals surface area contributed by atoms with Gasteiger partial charge in [-0.15, -0.1) is 0 Å². The molecule has 0 saturated carbocycles. The van der Waals surface area contributed by atoms with E-state index in [9.17, 15) is 8.78 Å². The van der Waals surface area contributed by atoms with Gasteiger partial charge in [0.15, 0.2) is 11.6 Å². The molecule has 5 heteroatoms. The minimum absolute atomic E-state index is 0.0583. The van der Waals surface area contributed by atoms with Gasteiger partial charge in [-0.1, -0.05) is 0 Å². The lowest BCUT2D eigenvalue weighted by Crippen LogP contribution is -2.02. The zero-order valence-corrected chi connectivity index (χ0v) is 8.87. The number of aryl methyl sites for hydroxylation is 2.